The van der Waals surface area contributed by atoms with E-state index in [1.165, 1.54) is 0 Å². The van der Waals surface area contributed by atoms with Gasteiger partial charge in [0.05, 0.1) is 6.61 Å². The Labute approximate surface area is 183 Å². The monoisotopic (exact) mass is 429 g/mol. The average Bonchev–Trinajstić information content (AvgIpc) is 2.76. The van der Waals surface area contributed by atoms with E-state index in [-0.39, 0.29) is 18.5 Å². The zero-order valence-electron chi connectivity index (χ0n) is 16.1. The lowest BCUT2D eigenvalue weighted by molar-refractivity contribution is -0.124. The van der Waals surface area contributed by atoms with Crippen LogP contribution >= 0.6 is 24.0 Å². The summed E-state index contributed by atoms with van der Waals surface area (Å²) in [5.41, 5.74) is 2.75. The van der Waals surface area contributed by atoms with E-state index in [9.17, 15) is 5.11 Å². The molecule has 29 heavy (non-hydrogen) atoms. The molecule has 0 radical (unpaired) electrons. The van der Waals surface area contributed by atoms with Crippen molar-refractivity contribution in [1.82, 2.24) is 5.32 Å². The quantitative estimate of drug-likeness (QED) is 0.608. The fourth-order valence-electron chi connectivity index (χ4n) is 3.91. The maximum Gasteiger partial charge on any atom is 0.121 e. The molecular weight excluding hydrogens is 405 g/mol. The van der Waals surface area contributed by atoms with Crippen LogP contribution < -0.4 is 5.32 Å². The number of ether oxygens (including phenoxy) is 1. The van der Waals surface area contributed by atoms with E-state index in [2.05, 4.69) is 17.4 Å². The first-order chi connectivity index (χ1) is 13.7. The predicted molar refractivity (Wildman–Crippen MR) is 121 cm³/mol. The van der Waals surface area contributed by atoms with E-state index in [1.54, 1.807) is 0 Å². The van der Waals surface area contributed by atoms with Gasteiger partial charge >= 0.3 is 0 Å². The van der Waals surface area contributed by atoms with Crippen molar-refractivity contribution in [2.75, 3.05) is 19.7 Å². The molecule has 1 aliphatic rings. The van der Waals surface area contributed by atoms with Crippen LogP contribution in [0.5, 0.6) is 0 Å². The highest BCUT2D eigenvalue weighted by atomic mass is 35.5. The zero-order valence-corrected chi connectivity index (χ0v) is 17.6. The van der Waals surface area contributed by atoms with Gasteiger partial charge in [0, 0.05) is 30.1 Å². The van der Waals surface area contributed by atoms with Crippen LogP contribution in [0, 0.1) is 0 Å². The normalized spacial score (nSPS) is 18.5. The molecule has 0 aliphatic carbocycles. The van der Waals surface area contributed by atoms with Crippen LogP contribution in [0.15, 0.2) is 78.9 Å². The number of aliphatic hydroxyl groups is 1. The third-order valence-corrected chi connectivity index (χ3v) is 5.70. The van der Waals surface area contributed by atoms with Crippen LogP contribution in [0.25, 0.3) is 11.1 Å². The van der Waals surface area contributed by atoms with Gasteiger partial charge in [0.2, 0.25) is 0 Å². The maximum atomic E-state index is 11.9. The first kappa shape index (κ1) is 21.8. The van der Waals surface area contributed by atoms with Crippen molar-refractivity contribution >= 4 is 24.0 Å². The number of benzene rings is 3. The first-order valence-corrected chi connectivity index (χ1v) is 9.99. The molecule has 3 nitrogen and oxygen atoms in total. The molecule has 2 atom stereocenters. The molecule has 2 N–H and O–H groups in total. The molecule has 0 spiro atoms. The summed E-state index contributed by atoms with van der Waals surface area (Å²) in [6.07, 6.45) is 0.105. The third-order valence-electron chi connectivity index (χ3n) is 5.38. The van der Waals surface area contributed by atoms with Crippen LogP contribution in [0.3, 0.4) is 0 Å². The Hall–Kier alpha value is -1.88. The Morgan fingerprint density at radius 3 is 2.28 bits per heavy atom. The number of nitrogens with one attached hydrogen (secondary N) is 1. The van der Waals surface area contributed by atoms with Crippen molar-refractivity contribution in [1.29, 1.82) is 0 Å². The summed E-state index contributed by atoms with van der Waals surface area (Å²) in [5.74, 6) is 0. The van der Waals surface area contributed by atoms with Gasteiger partial charge < -0.3 is 15.2 Å². The lowest BCUT2D eigenvalue weighted by Gasteiger charge is -2.39. The number of halogens is 2. The second kappa shape index (κ2) is 9.75. The molecule has 0 saturated carbocycles. The molecule has 3 aromatic rings. The molecular formula is C24H25Cl2NO2. The van der Waals surface area contributed by atoms with Gasteiger partial charge in [-0.05, 0) is 22.8 Å². The van der Waals surface area contributed by atoms with E-state index < -0.39 is 5.60 Å². The molecule has 0 aromatic heterocycles. The van der Waals surface area contributed by atoms with Crippen LogP contribution in [-0.4, -0.2) is 30.9 Å². The van der Waals surface area contributed by atoms with Crippen molar-refractivity contribution in [2.45, 2.75) is 18.1 Å². The van der Waals surface area contributed by atoms with Gasteiger partial charge in [-0.15, -0.1) is 12.4 Å². The molecule has 0 bridgehead atoms. The van der Waals surface area contributed by atoms with Gasteiger partial charge in [-0.1, -0.05) is 84.4 Å². The molecule has 3 aromatic carbocycles. The number of hydrogen-bond acceptors (Lipinski definition) is 3. The summed E-state index contributed by atoms with van der Waals surface area (Å²) in [5, 5.41) is 16.0. The fourth-order valence-corrected chi connectivity index (χ4v) is 4.15. The minimum Gasteiger partial charge on any atom is -0.382 e. The van der Waals surface area contributed by atoms with Crippen LogP contribution in [0.2, 0.25) is 5.02 Å². The van der Waals surface area contributed by atoms with E-state index >= 15 is 0 Å². The Balaban J connectivity index is 0.00000240. The fraction of sp³-hybridized carbons (Fsp3) is 0.250. The van der Waals surface area contributed by atoms with Crippen molar-refractivity contribution in [3.05, 3.63) is 95.0 Å². The number of rotatable bonds is 5. The predicted octanol–water partition coefficient (Wildman–Crippen LogP) is 4.85. The third kappa shape index (κ3) is 4.66. The molecule has 0 amide bonds. The second-order valence-corrected chi connectivity index (χ2v) is 7.57. The van der Waals surface area contributed by atoms with Gasteiger partial charge in [-0.2, -0.15) is 0 Å². The Bertz CT molecular complexity index is 929. The molecule has 5 heteroatoms. The topological polar surface area (TPSA) is 41.5 Å². The Morgan fingerprint density at radius 1 is 0.931 bits per heavy atom. The van der Waals surface area contributed by atoms with Gasteiger partial charge in [0.25, 0.3) is 0 Å². The maximum absolute atomic E-state index is 11.9. The molecule has 1 aliphatic heterocycles. The average molecular weight is 430 g/mol. The SMILES string of the molecule is Cl.O[C@](Cc1ccccc1-c1ccccc1Cl)(c1ccccc1)[C@@H]1CNCCO1. The van der Waals surface area contributed by atoms with Gasteiger partial charge in [-0.25, -0.2) is 0 Å². The van der Waals surface area contributed by atoms with Crippen molar-refractivity contribution in [3.8, 4) is 11.1 Å². The van der Waals surface area contributed by atoms with E-state index in [4.69, 9.17) is 16.3 Å². The molecule has 1 saturated heterocycles. The van der Waals surface area contributed by atoms with Crippen LogP contribution in [0.1, 0.15) is 11.1 Å². The zero-order chi connectivity index (χ0) is 19.4. The minimum absolute atomic E-state index is 0. The molecule has 0 unspecified atom stereocenters. The van der Waals surface area contributed by atoms with E-state index in [1.807, 2.05) is 66.7 Å². The van der Waals surface area contributed by atoms with Crippen LogP contribution in [0.4, 0.5) is 0 Å². The second-order valence-electron chi connectivity index (χ2n) is 7.17. The molecule has 4 rings (SSSR count). The minimum atomic E-state index is -1.15. The van der Waals surface area contributed by atoms with Gasteiger partial charge in [0.1, 0.15) is 11.7 Å². The lowest BCUT2D eigenvalue weighted by atomic mass is 9.80. The summed E-state index contributed by atoms with van der Waals surface area (Å²) in [6, 6.07) is 25.7. The number of hydrogen-bond donors (Lipinski definition) is 2. The van der Waals surface area contributed by atoms with Crippen molar-refractivity contribution in [3.63, 3.8) is 0 Å². The summed E-state index contributed by atoms with van der Waals surface area (Å²) >= 11 is 6.47. The molecule has 152 valence electrons. The highest BCUT2D eigenvalue weighted by molar-refractivity contribution is 6.33. The molecule has 1 heterocycles. The van der Waals surface area contributed by atoms with Crippen LogP contribution in [-0.2, 0) is 16.8 Å². The Kier molecular flexibility index (Phi) is 7.33. The van der Waals surface area contributed by atoms with E-state index in [0.29, 0.717) is 24.6 Å². The Morgan fingerprint density at radius 2 is 1.59 bits per heavy atom. The smallest absolute Gasteiger partial charge is 0.121 e. The summed E-state index contributed by atoms with van der Waals surface area (Å²) < 4.78 is 6.00. The van der Waals surface area contributed by atoms with Crippen molar-refractivity contribution in [2.24, 2.45) is 0 Å². The standard InChI is InChI=1S/C24H24ClNO2.ClH/c25-22-13-7-6-12-21(22)20-11-5-4-8-18(20)16-24(27,19-9-2-1-3-10-19)23-17-26-14-15-28-23;/h1-13,23,26-27H,14-17H2;1H/t23-,24+;/m0./s1. The summed E-state index contributed by atoms with van der Waals surface area (Å²) in [7, 11) is 0. The van der Waals surface area contributed by atoms with Gasteiger partial charge in [-0.3, -0.25) is 0 Å². The first-order valence-electron chi connectivity index (χ1n) is 9.61. The summed E-state index contributed by atoms with van der Waals surface area (Å²) in [4.78, 5) is 0. The van der Waals surface area contributed by atoms with E-state index in [0.717, 1.165) is 28.8 Å². The lowest BCUT2D eigenvalue weighted by Crippen LogP contribution is -2.52. The highest BCUT2D eigenvalue weighted by Crippen LogP contribution is 2.37. The number of morpholine rings is 1. The summed E-state index contributed by atoms with van der Waals surface area (Å²) in [6.45, 7) is 2.00. The molecule has 1 fully saturated rings. The van der Waals surface area contributed by atoms with Crippen molar-refractivity contribution < 1.29 is 9.84 Å². The van der Waals surface area contributed by atoms with Gasteiger partial charge in [0.15, 0.2) is 0 Å². The highest BCUT2D eigenvalue weighted by Gasteiger charge is 2.40. The largest absolute Gasteiger partial charge is 0.382 e.